The summed E-state index contributed by atoms with van der Waals surface area (Å²) in [6.07, 6.45) is 0. The first-order valence-corrected chi connectivity index (χ1v) is 5.44. The van der Waals surface area contributed by atoms with Crippen LogP contribution in [0.25, 0.3) is 0 Å². The van der Waals surface area contributed by atoms with Crippen LogP contribution >= 0.6 is 0 Å². The van der Waals surface area contributed by atoms with Crippen molar-refractivity contribution in [1.82, 2.24) is 0 Å². The van der Waals surface area contributed by atoms with Crippen LogP contribution < -0.4 is 5.73 Å². The monoisotopic (exact) mass is 213 g/mol. The van der Waals surface area contributed by atoms with Gasteiger partial charge in [0.2, 0.25) is 0 Å². The van der Waals surface area contributed by atoms with Gasteiger partial charge in [-0.05, 0) is 38.0 Å². The molecule has 1 atom stereocenters. The Bertz CT molecular complexity index is 374. The van der Waals surface area contributed by atoms with Crippen LogP contribution in [0.2, 0.25) is 0 Å². The minimum atomic E-state index is -1.92. The summed E-state index contributed by atoms with van der Waals surface area (Å²) in [5, 5.41) is 0. The average molecular weight is 213 g/mol. The van der Waals surface area contributed by atoms with E-state index in [4.69, 9.17) is 10.3 Å². The van der Waals surface area contributed by atoms with Gasteiger partial charge in [-0.1, -0.05) is 12.1 Å². The largest absolute Gasteiger partial charge is 0.398 e. The first-order chi connectivity index (χ1) is 6.35. The van der Waals surface area contributed by atoms with Crippen LogP contribution in [-0.4, -0.2) is 8.76 Å². The summed E-state index contributed by atoms with van der Waals surface area (Å²) in [4.78, 5) is 0. The van der Waals surface area contributed by atoms with Crippen LogP contribution in [0.15, 0.2) is 18.2 Å². The van der Waals surface area contributed by atoms with Crippen molar-refractivity contribution in [2.45, 2.75) is 25.5 Å². The number of anilines is 1. The fraction of sp³-hybridized carbons (Fsp3) is 0.400. The summed E-state index contributed by atoms with van der Waals surface area (Å²) in [6.45, 7) is 5.33. The number of hydrogen-bond donors (Lipinski definition) is 2. The van der Waals surface area contributed by atoms with Crippen molar-refractivity contribution in [1.29, 1.82) is 0 Å². The predicted octanol–water partition coefficient (Wildman–Crippen LogP) is 2.03. The third kappa shape index (κ3) is 1.96. The maximum absolute atomic E-state index is 11.1. The molecule has 0 saturated carbocycles. The molecule has 1 rings (SSSR count). The maximum atomic E-state index is 11.1. The fourth-order valence-electron chi connectivity index (χ4n) is 1.32. The number of hydrogen-bond acceptors (Lipinski definition) is 2. The third-order valence-electron chi connectivity index (χ3n) is 2.29. The van der Waals surface area contributed by atoms with Gasteiger partial charge in [-0.3, -0.25) is 0 Å². The highest BCUT2D eigenvalue weighted by Crippen LogP contribution is 2.31. The van der Waals surface area contributed by atoms with Gasteiger partial charge in [-0.25, -0.2) is 4.21 Å². The molecule has 1 unspecified atom stereocenters. The second kappa shape index (κ2) is 3.71. The van der Waals surface area contributed by atoms with Gasteiger partial charge in [0.25, 0.3) is 0 Å². The van der Waals surface area contributed by atoms with Gasteiger partial charge in [0.15, 0.2) is 11.1 Å². The molecular formula is C10H15NO2S. The highest BCUT2D eigenvalue weighted by Gasteiger charge is 2.29. The van der Waals surface area contributed by atoms with Crippen molar-refractivity contribution < 1.29 is 8.76 Å². The molecule has 0 aliphatic heterocycles. The van der Waals surface area contributed by atoms with E-state index in [9.17, 15) is 4.21 Å². The highest BCUT2D eigenvalue weighted by atomic mass is 32.2. The first kappa shape index (κ1) is 11.2. The third-order valence-corrected chi connectivity index (χ3v) is 3.39. The number of benzene rings is 1. The number of nitrogen functional groups attached to an aromatic ring is 1. The van der Waals surface area contributed by atoms with E-state index in [2.05, 4.69) is 0 Å². The lowest BCUT2D eigenvalue weighted by Gasteiger charge is -2.22. The zero-order valence-corrected chi connectivity index (χ0v) is 9.39. The van der Waals surface area contributed by atoms with Gasteiger partial charge >= 0.3 is 0 Å². The minimum Gasteiger partial charge on any atom is -0.398 e. The molecule has 0 saturated heterocycles. The van der Waals surface area contributed by atoms with Crippen LogP contribution in [-0.2, 0) is 15.8 Å². The molecule has 0 aliphatic carbocycles. The van der Waals surface area contributed by atoms with Crippen molar-refractivity contribution in [3.63, 3.8) is 0 Å². The summed E-state index contributed by atoms with van der Waals surface area (Å²) in [7, 11) is 0. The molecule has 0 aromatic heterocycles. The van der Waals surface area contributed by atoms with E-state index in [1.54, 1.807) is 19.9 Å². The van der Waals surface area contributed by atoms with E-state index in [0.29, 0.717) is 11.3 Å². The molecule has 0 fully saturated rings. The second-order valence-corrected chi connectivity index (χ2v) is 5.37. The molecule has 14 heavy (non-hydrogen) atoms. The molecule has 3 nitrogen and oxygen atoms in total. The Morgan fingerprint density at radius 1 is 1.43 bits per heavy atom. The Morgan fingerprint density at radius 2 is 2.00 bits per heavy atom. The summed E-state index contributed by atoms with van der Waals surface area (Å²) in [6, 6.07) is 5.50. The molecule has 1 aromatic rings. The van der Waals surface area contributed by atoms with Crippen molar-refractivity contribution in [2.75, 3.05) is 5.73 Å². The van der Waals surface area contributed by atoms with Crippen molar-refractivity contribution >= 4 is 16.8 Å². The topological polar surface area (TPSA) is 63.3 Å². The lowest BCUT2D eigenvalue weighted by Crippen LogP contribution is -2.24. The Morgan fingerprint density at radius 3 is 2.43 bits per heavy atom. The van der Waals surface area contributed by atoms with Crippen LogP contribution in [0.5, 0.6) is 0 Å². The zero-order valence-electron chi connectivity index (χ0n) is 8.57. The van der Waals surface area contributed by atoms with E-state index >= 15 is 0 Å². The summed E-state index contributed by atoms with van der Waals surface area (Å²) in [5.41, 5.74) is 8.13. The number of nitrogens with two attached hydrogens (primary N) is 1. The quantitative estimate of drug-likeness (QED) is 0.583. The Hall–Kier alpha value is -0.870. The van der Waals surface area contributed by atoms with E-state index < -0.39 is 15.8 Å². The van der Waals surface area contributed by atoms with Crippen LogP contribution in [0.3, 0.4) is 0 Å². The molecule has 0 aliphatic rings. The molecule has 0 amide bonds. The van der Waals surface area contributed by atoms with Gasteiger partial charge in [-0.2, -0.15) is 0 Å². The minimum absolute atomic E-state index is 0.567. The molecule has 1 aromatic carbocycles. The van der Waals surface area contributed by atoms with E-state index in [1.165, 1.54) is 0 Å². The van der Waals surface area contributed by atoms with Crippen molar-refractivity contribution in [3.8, 4) is 0 Å². The highest BCUT2D eigenvalue weighted by molar-refractivity contribution is 7.80. The number of aryl methyl sites for hydroxylation is 1. The van der Waals surface area contributed by atoms with E-state index in [1.807, 2.05) is 19.1 Å². The summed E-state index contributed by atoms with van der Waals surface area (Å²) < 4.78 is 19.4. The lowest BCUT2D eigenvalue weighted by molar-refractivity contribution is 0.523. The Kier molecular flexibility index (Phi) is 2.97. The van der Waals surface area contributed by atoms with Crippen LogP contribution in [0.1, 0.15) is 25.0 Å². The molecule has 78 valence electrons. The fourth-order valence-corrected chi connectivity index (χ4v) is 1.70. The maximum Gasteiger partial charge on any atom is 0.163 e. The van der Waals surface area contributed by atoms with Gasteiger partial charge in [0, 0.05) is 5.69 Å². The smallest absolute Gasteiger partial charge is 0.163 e. The van der Waals surface area contributed by atoms with Crippen molar-refractivity contribution in [3.05, 3.63) is 29.3 Å². The average Bonchev–Trinajstić information content (AvgIpc) is 2.02. The van der Waals surface area contributed by atoms with Crippen molar-refractivity contribution in [2.24, 2.45) is 0 Å². The molecule has 4 heteroatoms. The van der Waals surface area contributed by atoms with E-state index in [0.717, 1.165) is 5.56 Å². The van der Waals surface area contributed by atoms with E-state index in [-0.39, 0.29) is 0 Å². The Balaban J connectivity index is 3.26. The van der Waals surface area contributed by atoms with Gasteiger partial charge < -0.3 is 10.3 Å². The molecule has 0 bridgehead atoms. The zero-order chi connectivity index (χ0) is 10.9. The second-order valence-electron chi connectivity index (χ2n) is 3.85. The van der Waals surface area contributed by atoms with Crippen LogP contribution in [0, 0.1) is 6.92 Å². The standard InChI is InChI=1S/C10H15NO2S/c1-7-4-5-8(9(11)6-7)10(2,3)14(12)13/h4-6H,11H2,1-3H3,(H,12,13). The summed E-state index contributed by atoms with van der Waals surface area (Å²) >= 11 is -1.92. The van der Waals surface area contributed by atoms with Crippen LogP contribution in [0.4, 0.5) is 5.69 Å². The van der Waals surface area contributed by atoms with Gasteiger partial charge in [0.1, 0.15) is 0 Å². The summed E-state index contributed by atoms with van der Waals surface area (Å²) in [5.74, 6) is 0. The van der Waals surface area contributed by atoms with Gasteiger partial charge in [0.05, 0.1) is 4.75 Å². The molecule has 3 N–H and O–H groups in total. The first-order valence-electron chi connectivity index (χ1n) is 4.33. The predicted molar refractivity (Wildman–Crippen MR) is 59.4 cm³/mol. The SMILES string of the molecule is Cc1ccc(C(C)(C)S(=O)O)c(N)c1. The molecule has 0 spiro atoms. The Labute approximate surface area is 86.6 Å². The normalized spacial score (nSPS) is 14.0. The molecule has 0 heterocycles. The number of rotatable bonds is 2. The molecular weight excluding hydrogens is 198 g/mol. The lowest BCUT2D eigenvalue weighted by atomic mass is 9.99. The van der Waals surface area contributed by atoms with Gasteiger partial charge in [-0.15, -0.1) is 0 Å². The molecule has 0 radical (unpaired) electrons.